The zero-order valence-electron chi connectivity index (χ0n) is 17.8. The minimum Gasteiger partial charge on any atom is -0.490 e. The molecule has 1 aliphatic rings. The van der Waals surface area contributed by atoms with Crippen molar-refractivity contribution in [1.29, 1.82) is 0 Å². The summed E-state index contributed by atoms with van der Waals surface area (Å²) in [6.45, 7) is 8.43. The molecule has 0 spiro atoms. The van der Waals surface area contributed by atoms with Gasteiger partial charge in [0.1, 0.15) is 12.4 Å². The number of ether oxygens (including phenoxy) is 1. The Morgan fingerprint density at radius 2 is 2.00 bits per heavy atom. The molecule has 2 aromatic rings. The molecule has 2 amide bonds. The summed E-state index contributed by atoms with van der Waals surface area (Å²) in [5.74, 6) is 0.106. The Bertz CT molecular complexity index is 1050. The number of rotatable bonds is 5. The lowest BCUT2D eigenvalue weighted by Gasteiger charge is -2.29. The lowest BCUT2D eigenvalue weighted by atomic mass is 9.92. The van der Waals surface area contributed by atoms with Crippen molar-refractivity contribution in [2.75, 3.05) is 23.4 Å². The van der Waals surface area contributed by atoms with Crippen LogP contribution >= 0.6 is 11.6 Å². The maximum Gasteiger partial charge on any atom is 0.270 e. The van der Waals surface area contributed by atoms with Crippen LogP contribution in [0.4, 0.5) is 17.1 Å². The van der Waals surface area contributed by atoms with Crippen molar-refractivity contribution in [3.63, 3.8) is 0 Å². The van der Waals surface area contributed by atoms with Gasteiger partial charge in [-0.25, -0.2) is 0 Å². The van der Waals surface area contributed by atoms with E-state index in [1.807, 2.05) is 27.7 Å². The molecule has 0 saturated carbocycles. The number of nitro groups is 1. The zero-order chi connectivity index (χ0) is 22.9. The molecule has 3 rings (SSSR count). The van der Waals surface area contributed by atoms with Gasteiger partial charge in [-0.1, -0.05) is 25.4 Å². The molecular formula is C22H24ClN3O5. The zero-order valence-corrected chi connectivity index (χ0v) is 18.5. The van der Waals surface area contributed by atoms with Crippen LogP contribution in [0.2, 0.25) is 5.02 Å². The second-order valence-electron chi connectivity index (χ2n) is 8.54. The summed E-state index contributed by atoms with van der Waals surface area (Å²) in [4.78, 5) is 38.0. The molecule has 0 unspecified atom stereocenters. The second-order valence-corrected chi connectivity index (χ2v) is 8.95. The maximum atomic E-state index is 13.1. The number of halogens is 1. The standard InChI is InChI=1S/C22H24ClN3O5/c1-13(2)11-25-18-9-14(5-8-19(18)31-12-22(3,4)21(25)28)24-20(27)16-10-15(26(29)30)6-7-17(16)23/h5-10,13H,11-12H2,1-4H3,(H,24,27). The fourth-order valence-electron chi connectivity index (χ4n) is 3.27. The van der Waals surface area contributed by atoms with Gasteiger partial charge in [-0.05, 0) is 44.0 Å². The first kappa shape index (κ1) is 22.6. The highest BCUT2D eigenvalue weighted by Gasteiger charge is 2.38. The highest BCUT2D eigenvalue weighted by molar-refractivity contribution is 6.34. The van der Waals surface area contributed by atoms with Gasteiger partial charge in [0.25, 0.3) is 11.6 Å². The number of anilines is 2. The third-order valence-electron chi connectivity index (χ3n) is 4.87. The number of nitrogens with zero attached hydrogens (tertiary/aromatic N) is 2. The fraction of sp³-hybridized carbons (Fsp3) is 0.364. The minimum absolute atomic E-state index is 0.0155. The maximum absolute atomic E-state index is 13.1. The lowest BCUT2D eigenvalue weighted by molar-refractivity contribution is -0.384. The topological polar surface area (TPSA) is 102 Å². The van der Waals surface area contributed by atoms with Gasteiger partial charge >= 0.3 is 0 Å². The summed E-state index contributed by atoms with van der Waals surface area (Å²) in [5.41, 5.74) is 0.0240. The van der Waals surface area contributed by atoms with Gasteiger partial charge in [0, 0.05) is 24.4 Å². The summed E-state index contributed by atoms with van der Waals surface area (Å²) in [5, 5.41) is 13.8. The van der Waals surface area contributed by atoms with Crippen molar-refractivity contribution in [1.82, 2.24) is 0 Å². The van der Waals surface area contributed by atoms with Gasteiger partial charge in [-0.3, -0.25) is 19.7 Å². The van der Waals surface area contributed by atoms with Gasteiger partial charge in [0.2, 0.25) is 5.91 Å². The number of non-ortho nitro benzene ring substituents is 1. The Balaban J connectivity index is 1.96. The van der Waals surface area contributed by atoms with E-state index in [1.165, 1.54) is 12.1 Å². The lowest BCUT2D eigenvalue weighted by Crippen LogP contribution is -2.43. The summed E-state index contributed by atoms with van der Waals surface area (Å²) in [7, 11) is 0. The van der Waals surface area contributed by atoms with E-state index in [0.29, 0.717) is 23.7 Å². The number of nitro benzene ring substituents is 1. The SMILES string of the molecule is CC(C)CN1C(=O)C(C)(C)COc2ccc(NC(=O)c3cc([N+](=O)[O-])ccc3Cl)cc21. The van der Waals surface area contributed by atoms with E-state index < -0.39 is 16.2 Å². The van der Waals surface area contributed by atoms with E-state index >= 15 is 0 Å². The van der Waals surface area contributed by atoms with E-state index in [1.54, 1.807) is 23.1 Å². The van der Waals surface area contributed by atoms with Crippen LogP contribution in [0.3, 0.4) is 0 Å². The number of amides is 2. The number of hydrogen-bond donors (Lipinski definition) is 1. The molecule has 31 heavy (non-hydrogen) atoms. The summed E-state index contributed by atoms with van der Waals surface area (Å²) < 4.78 is 5.88. The predicted octanol–water partition coefficient (Wildman–Crippen LogP) is 4.91. The molecule has 8 nitrogen and oxygen atoms in total. The van der Waals surface area contributed by atoms with Crippen molar-refractivity contribution in [2.45, 2.75) is 27.7 Å². The molecule has 1 N–H and O–H groups in total. The summed E-state index contributed by atoms with van der Waals surface area (Å²) in [6, 6.07) is 8.68. The number of nitrogens with one attached hydrogen (secondary N) is 1. The van der Waals surface area contributed by atoms with E-state index in [2.05, 4.69) is 5.32 Å². The molecule has 0 aliphatic carbocycles. The normalized spacial score (nSPS) is 15.2. The molecule has 9 heteroatoms. The van der Waals surface area contributed by atoms with E-state index in [-0.39, 0.29) is 34.7 Å². The number of hydrogen-bond acceptors (Lipinski definition) is 5. The highest BCUT2D eigenvalue weighted by atomic mass is 35.5. The first-order valence-electron chi connectivity index (χ1n) is 9.83. The van der Waals surface area contributed by atoms with Gasteiger partial charge in [-0.2, -0.15) is 0 Å². The average Bonchev–Trinajstić information content (AvgIpc) is 2.78. The minimum atomic E-state index is -0.701. The van der Waals surface area contributed by atoms with Crippen LogP contribution < -0.4 is 15.0 Å². The smallest absolute Gasteiger partial charge is 0.270 e. The van der Waals surface area contributed by atoms with Crippen molar-refractivity contribution >= 4 is 40.5 Å². The van der Waals surface area contributed by atoms with E-state index in [0.717, 1.165) is 6.07 Å². The number of benzene rings is 2. The first-order chi connectivity index (χ1) is 14.5. The third-order valence-corrected chi connectivity index (χ3v) is 5.20. The predicted molar refractivity (Wildman–Crippen MR) is 119 cm³/mol. The number of fused-ring (bicyclic) bond motifs is 1. The van der Waals surface area contributed by atoms with Crippen LogP contribution in [0.1, 0.15) is 38.1 Å². The number of carbonyl (C=O) groups excluding carboxylic acids is 2. The fourth-order valence-corrected chi connectivity index (χ4v) is 3.47. The molecule has 2 aromatic carbocycles. The van der Waals surface area contributed by atoms with Crippen LogP contribution in [0.5, 0.6) is 5.75 Å². The van der Waals surface area contributed by atoms with Crippen LogP contribution in [-0.2, 0) is 4.79 Å². The average molecular weight is 446 g/mol. The monoisotopic (exact) mass is 445 g/mol. The Kier molecular flexibility index (Phi) is 6.22. The Morgan fingerprint density at radius 1 is 1.29 bits per heavy atom. The highest BCUT2D eigenvalue weighted by Crippen LogP contribution is 2.39. The van der Waals surface area contributed by atoms with Crippen molar-refractivity contribution in [3.05, 3.63) is 57.1 Å². The van der Waals surface area contributed by atoms with E-state index in [4.69, 9.17) is 16.3 Å². The molecule has 0 saturated heterocycles. The first-order valence-corrected chi connectivity index (χ1v) is 10.2. The van der Waals surface area contributed by atoms with Crippen LogP contribution in [0, 0.1) is 21.4 Å². The summed E-state index contributed by atoms with van der Waals surface area (Å²) in [6.07, 6.45) is 0. The van der Waals surface area contributed by atoms with Crippen molar-refractivity contribution in [3.8, 4) is 5.75 Å². The van der Waals surface area contributed by atoms with Gasteiger partial charge in [0.15, 0.2) is 0 Å². The van der Waals surface area contributed by atoms with Gasteiger partial charge in [-0.15, -0.1) is 0 Å². The largest absolute Gasteiger partial charge is 0.490 e. The molecule has 1 aliphatic heterocycles. The molecule has 0 aromatic heterocycles. The summed E-state index contributed by atoms with van der Waals surface area (Å²) >= 11 is 6.07. The second kappa shape index (κ2) is 8.55. The number of carbonyl (C=O) groups is 2. The Labute approximate surface area is 185 Å². The molecule has 1 heterocycles. The van der Waals surface area contributed by atoms with E-state index in [9.17, 15) is 19.7 Å². The van der Waals surface area contributed by atoms with Crippen LogP contribution in [-0.4, -0.2) is 29.9 Å². The van der Waals surface area contributed by atoms with Gasteiger partial charge < -0.3 is 15.0 Å². The molecule has 0 atom stereocenters. The molecular weight excluding hydrogens is 422 g/mol. The van der Waals surface area contributed by atoms with Gasteiger partial charge in [0.05, 0.1) is 26.6 Å². The Hall–Kier alpha value is -3.13. The van der Waals surface area contributed by atoms with Crippen molar-refractivity contribution < 1.29 is 19.2 Å². The Morgan fingerprint density at radius 3 is 2.65 bits per heavy atom. The quantitative estimate of drug-likeness (QED) is 0.520. The third kappa shape index (κ3) is 4.80. The molecule has 164 valence electrons. The van der Waals surface area contributed by atoms with Crippen molar-refractivity contribution in [2.24, 2.45) is 11.3 Å². The van der Waals surface area contributed by atoms with Crippen LogP contribution in [0.15, 0.2) is 36.4 Å². The molecule has 0 bridgehead atoms. The van der Waals surface area contributed by atoms with Crippen LogP contribution in [0.25, 0.3) is 0 Å². The molecule has 0 radical (unpaired) electrons. The molecule has 0 fully saturated rings.